The van der Waals surface area contributed by atoms with Gasteiger partial charge in [0.05, 0.1) is 17.9 Å². The predicted molar refractivity (Wildman–Crippen MR) is 202 cm³/mol. The molecule has 2 aromatic carbocycles. The van der Waals surface area contributed by atoms with E-state index in [1.54, 1.807) is 17.0 Å². The van der Waals surface area contributed by atoms with Crippen LogP contribution in [0.5, 0.6) is 0 Å². The van der Waals surface area contributed by atoms with Gasteiger partial charge in [0, 0.05) is 70.0 Å². The number of halogens is 1. The summed E-state index contributed by atoms with van der Waals surface area (Å²) in [6.45, 7) is 6.32. The van der Waals surface area contributed by atoms with E-state index >= 15 is 0 Å². The molecular weight excluding hydrogens is 688 g/mol. The van der Waals surface area contributed by atoms with Crippen LogP contribution in [0.2, 0.25) is 0 Å². The fraction of sp³-hybridized carbons (Fsp3) is 0.350. The third-order valence-electron chi connectivity index (χ3n) is 11.1. The van der Waals surface area contributed by atoms with Gasteiger partial charge in [0.2, 0.25) is 11.8 Å². The number of amides is 3. The van der Waals surface area contributed by atoms with E-state index in [4.69, 9.17) is 10.1 Å². The molecule has 9 rings (SSSR count). The highest BCUT2D eigenvalue weighted by atomic mass is 19.1. The van der Waals surface area contributed by atoms with Gasteiger partial charge in [-0.05, 0) is 85.0 Å². The summed E-state index contributed by atoms with van der Waals surface area (Å²) in [4.78, 5) is 55.3. The molecule has 13 nitrogen and oxygen atoms in total. The molecular formula is C40H41FN10O3. The summed E-state index contributed by atoms with van der Waals surface area (Å²) in [7, 11) is 0. The first-order valence-electron chi connectivity index (χ1n) is 18.7. The van der Waals surface area contributed by atoms with Crippen LogP contribution >= 0.6 is 0 Å². The van der Waals surface area contributed by atoms with Gasteiger partial charge in [-0.15, -0.1) is 5.10 Å². The van der Waals surface area contributed by atoms with E-state index in [0.29, 0.717) is 18.5 Å². The van der Waals surface area contributed by atoms with Crippen LogP contribution in [0, 0.1) is 5.82 Å². The number of piperidine rings is 1. The second-order valence-electron chi connectivity index (χ2n) is 14.4. The lowest BCUT2D eigenvalue weighted by Gasteiger charge is -2.35. The molecule has 0 bridgehead atoms. The predicted octanol–water partition coefficient (Wildman–Crippen LogP) is 4.27. The maximum atomic E-state index is 14.1. The van der Waals surface area contributed by atoms with E-state index in [2.05, 4.69) is 36.4 Å². The Morgan fingerprint density at radius 2 is 1.72 bits per heavy atom. The van der Waals surface area contributed by atoms with Crippen molar-refractivity contribution in [1.82, 2.24) is 34.7 Å². The van der Waals surface area contributed by atoms with E-state index < -0.39 is 11.9 Å². The number of nitrogens with one attached hydrogen (secondary N) is 2. The number of carbonyl (C=O) groups is 3. The van der Waals surface area contributed by atoms with Crippen LogP contribution in [0.4, 0.5) is 21.7 Å². The minimum atomic E-state index is -0.616. The average molecular weight is 729 g/mol. The molecule has 276 valence electrons. The SMILES string of the molecule is O=C1CCC(N2Cc3cc(NCCN4CCN(c5cccc(-c6cnc7ccc(N8CCC[C@@H]8c8cccc(F)c8)nn67)n5)CC4)ccc3C2=O)C(=O)N1. The molecule has 3 aromatic heterocycles. The molecule has 2 atom stereocenters. The number of imide groups is 1. The van der Waals surface area contributed by atoms with Crippen molar-refractivity contribution in [3.63, 3.8) is 0 Å². The number of rotatable bonds is 9. The molecule has 3 amide bonds. The van der Waals surface area contributed by atoms with Crippen LogP contribution in [-0.4, -0.2) is 99.0 Å². The van der Waals surface area contributed by atoms with Crippen molar-refractivity contribution in [2.75, 3.05) is 60.9 Å². The van der Waals surface area contributed by atoms with Gasteiger partial charge in [0.25, 0.3) is 5.91 Å². The molecule has 5 aromatic rings. The average Bonchev–Trinajstić information content (AvgIpc) is 3.93. The van der Waals surface area contributed by atoms with Crippen LogP contribution in [0.25, 0.3) is 17.0 Å². The Morgan fingerprint density at radius 1 is 0.852 bits per heavy atom. The number of benzene rings is 2. The number of pyridine rings is 1. The second kappa shape index (κ2) is 14.2. The molecule has 0 radical (unpaired) electrons. The molecule has 4 aliphatic heterocycles. The number of carbonyl (C=O) groups excluding carboxylic acids is 3. The molecule has 4 aliphatic rings. The quantitative estimate of drug-likeness (QED) is 0.212. The zero-order chi connectivity index (χ0) is 36.8. The molecule has 7 heterocycles. The van der Waals surface area contributed by atoms with Crippen LogP contribution in [0.15, 0.2) is 79.0 Å². The minimum absolute atomic E-state index is 0.0689. The summed E-state index contributed by atoms with van der Waals surface area (Å²) in [5.41, 5.74) is 5.76. The normalized spacial score (nSPS) is 20.5. The van der Waals surface area contributed by atoms with E-state index in [1.807, 2.05) is 59.2 Å². The highest BCUT2D eigenvalue weighted by molar-refractivity contribution is 6.05. The smallest absolute Gasteiger partial charge is 0.255 e. The standard InChI is InChI=1S/C40H41FN10O3/c41-28-5-1-4-26(22-28)32-7-3-16-49(32)37-13-12-35-43-24-34(51(35)46-37)31-6-2-8-36(44-31)48-20-18-47(19-21-48)17-15-42-29-9-10-30-27(23-29)25-50(40(30)54)33-11-14-38(52)45-39(33)53/h1-2,4-6,8-10,12-13,22-24,32-33,42H,3,7,11,14-21,25H2,(H,45,52,53)/t32-,33?/m1/s1. The number of hydrogen-bond acceptors (Lipinski definition) is 10. The molecule has 3 fully saturated rings. The maximum Gasteiger partial charge on any atom is 0.255 e. The van der Waals surface area contributed by atoms with Gasteiger partial charge >= 0.3 is 0 Å². The molecule has 54 heavy (non-hydrogen) atoms. The van der Waals surface area contributed by atoms with E-state index in [1.165, 1.54) is 6.07 Å². The Balaban J connectivity index is 0.807. The van der Waals surface area contributed by atoms with Gasteiger partial charge in [-0.3, -0.25) is 24.6 Å². The van der Waals surface area contributed by atoms with Crippen molar-refractivity contribution in [3.05, 3.63) is 102 Å². The first-order valence-corrected chi connectivity index (χ1v) is 18.7. The highest BCUT2D eigenvalue weighted by Gasteiger charge is 2.39. The van der Waals surface area contributed by atoms with Crippen molar-refractivity contribution in [2.45, 2.75) is 44.3 Å². The first kappa shape index (κ1) is 33.9. The summed E-state index contributed by atoms with van der Waals surface area (Å²) in [6.07, 6.45) is 4.37. The number of imidazole rings is 1. The van der Waals surface area contributed by atoms with Crippen molar-refractivity contribution in [1.29, 1.82) is 0 Å². The van der Waals surface area contributed by atoms with E-state index in [-0.39, 0.29) is 30.1 Å². The number of nitrogens with zero attached hydrogens (tertiary/aromatic N) is 8. The van der Waals surface area contributed by atoms with Gasteiger partial charge < -0.3 is 20.0 Å². The zero-order valence-corrected chi connectivity index (χ0v) is 29.8. The van der Waals surface area contributed by atoms with Crippen molar-refractivity contribution < 1.29 is 18.8 Å². The second-order valence-corrected chi connectivity index (χ2v) is 14.4. The topological polar surface area (TPSA) is 131 Å². The van der Waals surface area contributed by atoms with Gasteiger partial charge in [0.1, 0.15) is 29.2 Å². The molecule has 3 saturated heterocycles. The minimum Gasteiger partial charge on any atom is -0.384 e. The van der Waals surface area contributed by atoms with Crippen molar-refractivity contribution in [3.8, 4) is 11.4 Å². The molecule has 0 spiro atoms. The van der Waals surface area contributed by atoms with Gasteiger partial charge in [-0.2, -0.15) is 0 Å². The van der Waals surface area contributed by atoms with Crippen LogP contribution < -0.4 is 20.4 Å². The Kier molecular flexibility index (Phi) is 8.89. The lowest BCUT2D eigenvalue weighted by Crippen LogP contribution is -2.52. The summed E-state index contributed by atoms with van der Waals surface area (Å²) in [5, 5.41) is 10.9. The van der Waals surface area contributed by atoms with Crippen LogP contribution in [0.1, 0.15) is 53.2 Å². The Hall–Kier alpha value is -5.89. The molecule has 0 aliphatic carbocycles. The highest BCUT2D eigenvalue weighted by Crippen LogP contribution is 2.36. The number of piperazine rings is 1. The van der Waals surface area contributed by atoms with Gasteiger partial charge in [-0.1, -0.05) is 18.2 Å². The van der Waals surface area contributed by atoms with Crippen molar-refractivity contribution in [2.24, 2.45) is 0 Å². The number of fused-ring (bicyclic) bond motifs is 2. The first-order chi connectivity index (χ1) is 26.4. The fourth-order valence-electron chi connectivity index (χ4n) is 8.28. The Bertz CT molecular complexity index is 2250. The van der Waals surface area contributed by atoms with Crippen LogP contribution in [-0.2, 0) is 16.1 Å². The fourth-order valence-corrected chi connectivity index (χ4v) is 8.28. The summed E-state index contributed by atoms with van der Waals surface area (Å²) < 4.78 is 15.9. The summed E-state index contributed by atoms with van der Waals surface area (Å²) in [6, 6.07) is 22.1. The van der Waals surface area contributed by atoms with Crippen LogP contribution in [0.3, 0.4) is 0 Å². The lowest BCUT2D eigenvalue weighted by molar-refractivity contribution is -0.136. The number of anilines is 3. The molecule has 14 heteroatoms. The van der Waals surface area contributed by atoms with E-state index in [9.17, 15) is 18.8 Å². The van der Waals surface area contributed by atoms with Gasteiger partial charge in [-0.25, -0.2) is 18.9 Å². The molecule has 0 saturated carbocycles. The Labute approximate surface area is 311 Å². The third-order valence-corrected chi connectivity index (χ3v) is 11.1. The van der Waals surface area contributed by atoms with Gasteiger partial charge in [0.15, 0.2) is 5.65 Å². The zero-order valence-electron chi connectivity index (χ0n) is 29.8. The molecule has 1 unspecified atom stereocenters. The number of aromatic nitrogens is 4. The molecule has 2 N–H and O–H groups in total. The largest absolute Gasteiger partial charge is 0.384 e. The summed E-state index contributed by atoms with van der Waals surface area (Å²) >= 11 is 0. The monoisotopic (exact) mass is 728 g/mol. The summed E-state index contributed by atoms with van der Waals surface area (Å²) in [5.74, 6) is 0.674. The Morgan fingerprint density at radius 3 is 2.57 bits per heavy atom. The lowest BCUT2D eigenvalue weighted by atomic mass is 10.0. The maximum absolute atomic E-state index is 14.1. The van der Waals surface area contributed by atoms with Crippen molar-refractivity contribution >= 4 is 40.7 Å². The number of hydrogen-bond donors (Lipinski definition) is 2. The third kappa shape index (κ3) is 6.50. The van der Waals surface area contributed by atoms with E-state index in [0.717, 1.165) is 104 Å².